The Kier molecular flexibility index (Phi) is 5.41. The molecule has 0 aliphatic carbocycles. The van der Waals surface area contributed by atoms with E-state index in [1.54, 1.807) is 11.8 Å². The van der Waals surface area contributed by atoms with Crippen LogP contribution in [0.2, 0.25) is 10.0 Å². The second-order valence-corrected chi connectivity index (χ2v) is 8.40. The van der Waals surface area contributed by atoms with Crippen molar-refractivity contribution in [1.29, 1.82) is 5.26 Å². The van der Waals surface area contributed by atoms with Crippen LogP contribution in [0.25, 0.3) is 6.08 Å². The van der Waals surface area contributed by atoms with Crippen molar-refractivity contribution in [3.63, 3.8) is 0 Å². The van der Waals surface area contributed by atoms with Gasteiger partial charge in [0.15, 0.2) is 0 Å². The molecule has 0 amide bonds. The Bertz CT molecular complexity index is 1050. The van der Waals surface area contributed by atoms with Gasteiger partial charge >= 0.3 is 0 Å². The quantitative estimate of drug-likeness (QED) is 0.650. The lowest BCUT2D eigenvalue weighted by molar-refractivity contribution is 0.288. The third kappa shape index (κ3) is 3.66. The largest absolute Gasteiger partial charge is 0.440 e. The van der Waals surface area contributed by atoms with E-state index in [9.17, 15) is 5.26 Å². The molecular formula is C22H16Cl2N2OS. The number of hydrogen-bond donors (Lipinski definition) is 1. The van der Waals surface area contributed by atoms with E-state index in [2.05, 4.69) is 12.1 Å². The fraction of sp³-hybridized carbons (Fsp3) is 0.136. The summed E-state index contributed by atoms with van der Waals surface area (Å²) in [6.07, 6.45) is 2.08. The van der Waals surface area contributed by atoms with Crippen molar-refractivity contribution in [2.24, 2.45) is 5.73 Å². The molecule has 6 heteroatoms. The zero-order chi connectivity index (χ0) is 19.7. The van der Waals surface area contributed by atoms with Gasteiger partial charge in [-0.15, -0.1) is 0 Å². The third-order valence-electron chi connectivity index (χ3n) is 4.75. The van der Waals surface area contributed by atoms with Gasteiger partial charge < -0.3 is 10.5 Å². The first-order valence-corrected chi connectivity index (χ1v) is 10.6. The zero-order valence-corrected chi connectivity index (χ0v) is 17.1. The zero-order valence-electron chi connectivity index (χ0n) is 14.8. The first kappa shape index (κ1) is 19.0. The van der Waals surface area contributed by atoms with Crippen LogP contribution in [-0.4, -0.2) is 11.5 Å². The first-order chi connectivity index (χ1) is 13.6. The molecule has 0 saturated carbocycles. The summed E-state index contributed by atoms with van der Waals surface area (Å²) in [4.78, 5) is 0. The second-order valence-electron chi connectivity index (χ2n) is 6.54. The summed E-state index contributed by atoms with van der Waals surface area (Å²) < 4.78 is 5.96. The highest BCUT2D eigenvalue weighted by Gasteiger charge is 2.35. The van der Waals surface area contributed by atoms with Gasteiger partial charge in [0.1, 0.15) is 17.4 Å². The van der Waals surface area contributed by atoms with E-state index in [1.165, 1.54) is 0 Å². The van der Waals surface area contributed by atoms with Crippen LogP contribution in [0, 0.1) is 11.3 Å². The van der Waals surface area contributed by atoms with Crippen LogP contribution in [0.3, 0.4) is 0 Å². The number of hydrogen-bond acceptors (Lipinski definition) is 4. The number of nitriles is 1. The van der Waals surface area contributed by atoms with Crippen LogP contribution >= 0.6 is 35.0 Å². The molecule has 28 heavy (non-hydrogen) atoms. The summed E-state index contributed by atoms with van der Waals surface area (Å²) >= 11 is 13.8. The summed E-state index contributed by atoms with van der Waals surface area (Å²) in [5, 5.41) is 11.1. The molecule has 2 heterocycles. The lowest BCUT2D eigenvalue weighted by Gasteiger charge is -2.33. The van der Waals surface area contributed by atoms with Gasteiger partial charge in [-0.05, 0) is 47.0 Å². The Morgan fingerprint density at radius 1 is 1.04 bits per heavy atom. The number of rotatable bonds is 2. The van der Waals surface area contributed by atoms with Crippen molar-refractivity contribution >= 4 is 41.0 Å². The maximum Gasteiger partial charge on any atom is 0.205 e. The molecule has 2 aromatic carbocycles. The molecule has 2 N–H and O–H groups in total. The molecule has 0 spiro atoms. The molecule has 2 aliphatic rings. The Morgan fingerprint density at radius 2 is 1.68 bits per heavy atom. The summed E-state index contributed by atoms with van der Waals surface area (Å²) in [5.41, 5.74) is 10.7. The SMILES string of the molecule is N#CC1=C(N)OC2=C(CSC/C2=C\c2ccc(Cl)cc2)[C@H]1c1ccc(Cl)cc1. The predicted molar refractivity (Wildman–Crippen MR) is 116 cm³/mol. The lowest BCUT2D eigenvalue weighted by atomic mass is 9.82. The molecule has 3 nitrogen and oxygen atoms in total. The second kappa shape index (κ2) is 7.97. The van der Waals surface area contributed by atoms with E-state index in [4.69, 9.17) is 33.7 Å². The van der Waals surface area contributed by atoms with Crippen LogP contribution in [-0.2, 0) is 4.74 Å². The molecule has 1 atom stereocenters. The van der Waals surface area contributed by atoms with E-state index in [-0.39, 0.29) is 11.8 Å². The first-order valence-electron chi connectivity index (χ1n) is 8.67. The Balaban J connectivity index is 1.82. The van der Waals surface area contributed by atoms with E-state index < -0.39 is 0 Å². The van der Waals surface area contributed by atoms with Crippen LogP contribution in [0.4, 0.5) is 0 Å². The third-order valence-corrected chi connectivity index (χ3v) is 6.28. The number of ether oxygens (including phenoxy) is 1. The fourth-order valence-corrected chi connectivity index (χ4v) is 4.75. The van der Waals surface area contributed by atoms with Gasteiger partial charge in [0.05, 0.1) is 5.92 Å². The Hall–Kier alpha value is -2.32. The molecule has 0 fully saturated rings. The molecule has 0 bridgehead atoms. The number of nitrogens with zero attached hydrogens (tertiary/aromatic N) is 1. The minimum atomic E-state index is -0.229. The summed E-state index contributed by atoms with van der Waals surface area (Å²) in [6, 6.07) is 17.4. The van der Waals surface area contributed by atoms with Crippen LogP contribution in [0.15, 0.2) is 76.9 Å². The van der Waals surface area contributed by atoms with Gasteiger partial charge in [-0.3, -0.25) is 0 Å². The van der Waals surface area contributed by atoms with E-state index in [1.807, 2.05) is 48.5 Å². The van der Waals surface area contributed by atoms with Gasteiger partial charge in [0, 0.05) is 27.1 Å². The van der Waals surface area contributed by atoms with E-state index in [0.29, 0.717) is 15.6 Å². The van der Waals surface area contributed by atoms with Crippen molar-refractivity contribution in [1.82, 2.24) is 0 Å². The summed E-state index contributed by atoms with van der Waals surface area (Å²) in [7, 11) is 0. The molecule has 140 valence electrons. The summed E-state index contributed by atoms with van der Waals surface area (Å²) in [5.74, 6) is 2.29. The highest BCUT2D eigenvalue weighted by atomic mass is 35.5. The molecule has 2 aromatic rings. The molecule has 4 rings (SSSR count). The van der Waals surface area contributed by atoms with E-state index >= 15 is 0 Å². The monoisotopic (exact) mass is 426 g/mol. The average molecular weight is 427 g/mol. The molecule has 0 aromatic heterocycles. The number of allylic oxidation sites excluding steroid dienone is 2. The van der Waals surface area contributed by atoms with Gasteiger partial charge in [0.25, 0.3) is 0 Å². The smallest absolute Gasteiger partial charge is 0.205 e. The van der Waals surface area contributed by atoms with Crippen molar-refractivity contribution in [2.75, 3.05) is 11.5 Å². The van der Waals surface area contributed by atoms with Gasteiger partial charge in [-0.25, -0.2) is 0 Å². The minimum Gasteiger partial charge on any atom is -0.440 e. The number of nitrogens with two attached hydrogens (primary N) is 1. The summed E-state index contributed by atoms with van der Waals surface area (Å²) in [6.45, 7) is 0. The van der Waals surface area contributed by atoms with Crippen molar-refractivity contribution in [2.45, 2.75) is 5.92 Å². The molecular weight excluding hydrogens is 411 g/mol. The average Bonchev–Trinajstić information content (AvgIpc) is 2.70. The highest BCUT2D eigenvalue weighted by Crippen LogP contribution is 2.45. The molecule has 0 saturated heterocycles. The lowest BCUT2D eigenvalue weighted by Crippen LogP contribution is -2.25. The number of benzene rings is 2. The van der Waals surface area contributed by atoms with E-state index in [0.717, 1.165) is 39.5 Å². The fourth-order valence-electron chi connectivity index (χ4n) is 3.45. The predicted octanol–water partition coefficient (Wildman–Crippen LogP) is 5.89. The van der Waals surface area contributed by atoms with Gasteiger partial charge in [0.2, 0.25) is 5.88 Å². The van der Waals surface area contributed by atoms with Crippen LogP contribution in [0.1, 0.15) is 17.0 Å². The maximum atomic E-state index is 9.71. The van der Waals surface area contributed by atoms with Crippen molar-refractivity contribution < 1.29 is 4.74 Å². The van der Waals surface area contributed by atoms with Gasteiger partial charge in [-0.1, -0.05) is 47.5 Å². The van der Waals surface area contributed by atoms with Gasteiger partial charge in [-0.2, -0.15) is 17.0 Å². The minimum absolute atomic E-state index is 0.162. The Morgan fingerprint density at radius 3 is 2.32 bits per heavy atom. The maximum absolute atomic E-state index is 9.71. The molecule has 0 radical (unpaired) electrons. The number of halogens is 2. The molecule has 0 unspecified atom stereocenters. The number of thioether (sulfide) groups is 1. The van der Waals surface area contributed by atoms with Crippen LogP contribution in [0.5, 0.6) is 0 Å². The van der Waals surface area contributed by atoms with Crippen molar-refractivity contribution in [3.05, 3.63) is 98.1 Å². The highest BCUT2D eigenvalue weighted by molar-refractivity contribution is 7.99. The standard InChI is InChI=1S/C22H16Cl2N2OS/c23-16-5-1-13(2-6-16)9-15-11-28-12-19-20(14-3-7-17(24)8-4-14)18(10-25)22(26)27-21(15)19/h1-9,20H,11-12,26H2/b15-9+/t20-/m0/s1. The van der Waals surface area contributed by atoms with Crippen LogP contribution < -0.4 is 5.73 Å². The Labute approximate surface area is 178 Å². The molecule has 2 aliphatic heterocycles. The topological polar surface area (TPSA) is 59.0 Å². The normalized spacial score (nSPS) is 20.6. The van der Waals surface area contributed by atoms with Crippen molar-refractivity contribution in [3.8, 4) is 6.07 Å².